The van der Waals surface area contributed by atoms with Crippen LogP contribution in [0.3, 0.4) is 0 Å². The molecule has 14 heavy (non-hydrogen) atoms. The quantitative estimate of drug-likeness (QED) is 0.589. The minimum absolute atomic E-state index is 0.0683. The summed E-state index contributed by atoms with van der Waals surface area (Å²) in [7, 11) is 0. The van der Waals surface area contributed by atoms with E-state index < -0.39 is 0 Å². The van der Waals surface area contributed by atoms with Crippen LogP contribution in [0.25, 0.3) is 0 Å². The van der Waals surface area contributed by atoms with Crippen molar-refractivity contribution in [1.82, 2.24) is 0 Å². The monoisotopic (exact) mass is 249 g/mol. The summed E-state index contributed by atoms with van der Waals surface area (Å²) in [4.78, 5) is 0. The van der Waals surface area contributed by atoms with E-state index in [1.807, 2.05) is 24.3 Å². The lowest BCUT2D eigenvalue weighted by atomic mass is 9.93. The van der Waals surface area contributed by atoms with Gasteiger partial charge in [-0.1, -0.05) is 46.3 Å². The van der Waals surface area contributed by atoms with E-state index in [0.29, 0.717) is 6.42 Å². The zero-order valence-corrected chi connectivity index (χ0v) is 9.50. The predicted molar refractivity (Wildman–Crippen MR) is 62.2 cm³/mol. The van der Waals surface area contributed by atoms with Crippen LogP contribution in [0, 0.1) is 11.3 Å². The molecule has 0 radical (unpaired) electrons. The van der Waals surface area contributed by atoms with E-state index in [1.54, 1.807) is 6.08 Å². The predicted octanol–water partition coefficient (Wildman–Crippen LogP) is 3.76. The van der Waals surface area contributed by atoms with Gasteiger partial charge in [-0.3, -0.25) is 0 Å². The second kappa shape index (κ2) is 5.62. The van der Waals surface area contributed by atoms with Crippen LogP contribution in [0.2, 0.25) is 0 Å². The van der Waals surface area contributed by atoms with Crippen LogP contribution < -0.4 is 0 Å². The van der Waals surface area contributed by atoms with E-state index >= 15 is 0 Å². The topological polar surface area (TPSA) is 23.8 Å². The fraction of sp³-hybridized carbons (Fsp3) is 0.250. The molecule has 0 heterocycles. The Labute approximate surface area is 93.2 Å². The van der Waals surface area contributed by atoms with Crippen molar-refractivity contribution in [1.29, 1.82) is 5.26 Å². The van der Waals surface area contributed by atoms with Gasteiger partial charge in [-0.2, -0.15) is 5.26 Å². The summed E-state index contributed by atoms with van der Waals surface area (Å²) in [5, 5.41) is 9.81. The first kappa shape index (κ1) is 11.0. The molecule has 0 amide bonds. The highest BCUT2D eigenvalue weighted by atomic mass is 79.9. The number of hydrogen-bond acceptors (Lipinski definition) is 1. The molecule has 72 valence electrons. The Morgan fingerprint density at radius 1 is 1.50 bits per heavy atom. The van der Waals surface area contributed by atoms with Crippen molar-refractivity contribution in [3.8, 4) is 6.07 Å². The Morgan fingerprint density at radius 3 is 2.79 bits per heavy atom. The number of benzene rings is 1. The van der Waals surface area contributed by atoms with Gasteiger partial charge in [0.2, 0.25) is 0 Å². The van der Waals surface area contributed by atoms with E-state index in [4.69, 9.17) is 5.26 Å². The largest absolute Gasteiger partial charge is 0.198 e. The van der Waals surface area contributed by atoms with Gasteiger partial charge >= 0.3 is 0 Å². The molecule has 1 aromatic carbocycles. The summed E-state index contributed by atoms with van der Waals surface area (Å²) in [5.74, 6) is -0.0683. The Morgan fingerprint density at radius 2 is 2.21 bits per heavy atom. The fourth-order valence-corrected chi connectivity index (χ4v) is 1.92. The van der Waals surface area contributed by atoms with Crippen molar-refractivity contribution in [3.05, 3.63) is 48.0 Å². The van der Waals surface area contributed by atoms with E-state index in [1.165, 1.54) is 5.56 Å². The summed E-state index contributed by atoms with van der Waals surface area (Å²) < 4.78 is 0. The molecule has 0 aromatic heterocycles. The summed E-state index contributed by atoms with van der Waals surface area (Å²) >= 11 is 3.42. The lowest BCUT2D eigenvalue weighted by Gasteiger charge is -2.10. The zero-order valence-electron chi connectivity index (χ0n) is 7.91. The highest BCUT2D eigenvalue weighted by Crippen LogP contribution is 2.24. The molecule has 1 atom stereocenters. The normalized spacial score (nSPS) is 11.7. The van der Waals surface area contributed by atoms with Crippen molar-refractivity contribution in [2.45, 2.75) is 17.7 Å². The smallest absolute Gasteiger partial charge is 0.0749 e. The average Bonchev–Trinajstić information content (AvgIpc) is 2.26. The molecule has 0 aliphatic heterocycles. The van der Waals surface area contributed by atoms with Gasteiger partial charge in [0.15, 0.2) is 0 Å². The third kappa shape index (κ3) is 2.46. The summed E-state index contributed by atoms with van der Waals surface area (Å²) in [5.41, 5.74) is 2.28. The van der Waals surface area contributed by atoms with Gasteiger partial charge in [0, 0.05) is 5.33 Å². The Bertz CT molecular complexity index is 352. The maximum atomic E-state index is 9.02. The maximum Gasteiger partial charge on any atom is 0.0749 e. The van der Waals surface area contributed by atoms with Crippen molar-refractivity contribution < 1.29 is 0 Å². The molecular weight excluding hydrogens is 238 g/mol. The molecule has 1 aromatic rings. The van der Waals surface area contributed by atoms with Crippen LogP contribution >= 0.6 is 15.9 Å². The van der Waals surface area contributed by atoms with Gasteiger partial charge in [0.05, 0.1) is 12.0 Å². The van der Waals surface area contributed by atoms with Crippen LogP contribution in [0.1, 0.15) is 23.5 Å². The van der Waals surface area contributed by atoms with Gasteiger partial charge < -0.3 is 0 Å². The SMILES string of the molecule is C=CCC(C#N)c1ccccc1CBr. The molecule has 0 aliphatic carbocycles. The number of halogens is 1. The Kier molecular flexibility index (Phi) is 4.42. The fourth-order valence-electron chi connectivity index (χ4n) is 1.41. The number of allylic oxidation sites excluding steroid dienone is 1. The molecule has 2 heteroatoms. The molecule has 0 bridgehead atoms. The first-order valence-corrected chi connectivity index (χ1v) is 5.60. The van der Waals surface area contributed by atoms with Crippen LogP contribution in [0.4, 0.5) is 0 Å². The first-order valence-electron chi connectivity index (χ1n) is 4.47. The van der Waals surface area contributed by atoms with Gasteiger partial charge in [-0.25, -0.2) is 0 Å². The Hall–Kier alpha value is -1.07. The molecule has 0 saturated carbocycles. The van der Waals surface area contributed by atoms with Crippen molar-refractivity contribution in [2.24, 2.45) is 0 Å². The van der Waals surface area contributed by atoms with E-state index in [2.05, 4.69) is 28.6 Å². The van der Waals surface area contributed by atoms with Gasteiger partial charge in [-0.05, 0) is 17.5 Å². The summed E-state index contributed by atoms with van der Waals surface area (Å²) in [6.07, 6.45) is 2.50. The first-order chi connectivity index (χ1) is 6.83. The number of alkyl halides is 1. The second-order valence-electron chi connectivity index (χ2n) is 3.04. The van der Waals surface area contributed by atoms with Crippen molar-refractivity contribution in [2.75, 3.05) is 0 Å². The second-order valence-corrected chi connectivity index (χ2v) is 3.60. The molecule has 0 aliphatic rings. The minimum Gasteiger partial charge on any atom is -0.198 e. The highest BCUT2D eigenvalue weighted by Gasteiger charge is 2.11. The van der Waals surface area contributed by atoms with Crippen LogP contribution in [-0.2, 0) is 5.33 Å². The molecule has 0 N–H and O–H groups in total. The van der Waals surface area contributed by atoms with Crippen molar-refractivity contribution >= 4 is 15.9 Å². The number of hydrogen-bond donors (Lipinski definition) is 0. The maximum absolute atomic E-state index is 9.02. The summed E-state index contributed by atoms with van der Waals surface area (Å²) in [6.45, 7) is 3.67. The number of nitrogens with zero attached hydrogens (tertiary/aromatic N) is 1. The molecule has 1 unspecified atom stereocenters. The zero-order chi connectivity index (χ0) is 10.4. The minimum atomic E-state index is -0.0683. The Balaban J connectivity index is 3.03. The standard InChI is InChI=1S/C12H12BrN/c1-2-5-11(9-14)12-7-4-3-6-10(12)8-13/h2-4,6-7,11H,1,5,8H2. The van der Waals surface area contributed by atoms with Gasteiger partial charge in [0.25, 0.3) is 0 Å². The average molecular weight is 250 g/mol. The molecular formula is C12H12BrN. The van der Waals surface area contributed by atoms with Crippen LogP contribution in [0.15, 0.2) is 36.9 Å². The lowest BCUT2D eigenvalue weighted by Crippen LogP contribution is -1.98. The molecule has 0 spiro atoms. The molecule has 0 fully saturated rings. The number of rotatable bonds is 4. The molecule has 0 saturated heterocycles. The van der Waals surface area contributed by atoms with Crippen LogP contribution in [0.5, 0.6) is 0 Å². The third-order valence-electron chi connectivity index (χ3n) is 2.13. The summed E-state index contributed by atoms with van der Waals surface area (Å²) in [6, 6.07) is 10.3. The third-order valence-corrected chi connectivity index (χ3v) is 2.74. The highest BCUT2D eigenvalue weighted by molar-refractivity contribution is 9.08. The van der Waals surface area contributed by atoms with Gasteiger partial charge in [0.1, 0.15) is 0 Å². The molecule has 1 nitrogen and oxygen atoms in total. The van der Waals surface area contributed by atoms with Crippen molar-refractivity contribution in [3.63, 3.8) is 0 Å². The van der Waals surface area contributed by atoms with Gasteiger partial charge in [-0.15, -0.1) is 6.58 Å². The van der Waals surface area contributed by atoms with E-state index in [9.17, 15) is 0 Å². The molecule has 1 rings (SSSR count). The number of nitriles is 1. The van der Waals surface area contributed by atoms with Crippen LogP contribution in [-0.4, -0.2) is 0 Å². The van der Waals surface area contributed by atoms with E-state index in [-0.39, 0.29) is 5.92 Å². The lowest BCUT2D eigenvalue weighted by molar-refractivity contribution is 0.869. The van der Waals surface area contributed by atoms with E-state index in [0.717, 1.165) is 10.9 Å².